The first kappa shape index (κ1) is 14.3. The van der Waals surface area contributed by atoms with E-state index in [-0.39, 0.29) is 30.0 Å². The standard InChI is InChI=1S/C13H15N3O3S2/c17-12(15-9-5-6-21(18,19)8-9)7-14-13-16-10-3-1-2-4-11(10)20-13/h1-4,9H,5-8H2,(H,14,16)(H,15,17)/t9-/m0/s1. The number of fused-ring (bicyclic) bond motifs is 1. The summed E-state index contributed by atoms with van der Waals surface area (Å²) >= 11 is 1.48. The van der Waals surface area contributed by atoms with Crippen molar-refractivity contribution < 1.29 is 13.2 Å². The summed E-state index contributed by atoms with van der Waals surface area (Å²) in [7, 11) is -2.97. The van der Waals surface area contributed by atoms with Gasteiger partial charge in [-0.15, -0.1) is 0 Å². The lowest BCUT2D eigenvalue weighted by Gasteiger charge is -2.10. The summed E-state index contributed by atoms with van der Waals surface area (Å²) in [5.41, 5.74) is 0.896. The molecule has 2 aromatic rings. The zero-order valence-electron chi connectivity index (χ0n) is 11.2. The summed E-state index contributed by atoms with van der Waals surface area (Å²) in [5, 5.41) is 6.39. The zero-order chi connectivity index (χ0) is 14.9. The van der Waals surface area contributed by atoms with E-state index in [2.05, 4.69) is 15.6 Å². The number of sulfone groups is 1. The Morgan fingerprint density at radius 2 is 2.19 bits per heavy atom. The summed E-state index contributed by atoms with van der Waals surface area (Å²) in [6, 6.07) is 7.48. The second-order valence-electron chi connectivity index (χ2n) is 5.01. The number of amides is 1. The van der Waals surface area contributed by atoms with Crippen molar-refractivity contribution in [1.82, 2.24) is 10.3 Å². The normalized spacial score (nSPS) is 20.5. The first-order valence-electron chi connectivity index (χ1n) is 6.61. The molecule has 0 unspecified atom stereocenters. The van der Waals surface area contributed by atoms with Crippen LogP contribution in [-0.2, 0) is 14.6 Å². The van der Waals surface area contributed by atoms with Gasteiger partial charge in [0.25, 0.3) is 0 Å². The molecule has 1 fully saturated rings. The Morgan fingerprint density at radius 3 is 2.90 bits per heavy atom. The largest absolute Gasteiger partial charge is 0.352 e. The third-order valence-corrected chi connectivity index (χ3v) is 6.05. The quantitative estimate of drug-likeness (QED) is 0.876. The van der Waals surface area contributed by atoms with Crippen molar-refractivity contribution >= 4 is 42.4 Å². The van der Waals surface area contributed by atoms with Crippen molar-refractivity contribution in [3.05, 3.63) is 24.3 Å². The second-order valence-corrected chi connectivity index (χ2v) is 8.27. The molecule has 112 valence electrons. The fraction of sp³-hybridized carbons (Fsp3) is 0.385. The number of anilines is 1. The monoisotopic (exact) mass is 325 g/mol. The van der Waals surface area contributed by atoms with Gasteiger partial charge < -0.3 is 10.6 Å². The molecule has 3 rings (SSSR count). The summed E-state index contributed by atoms with van der Waals surface area (Å²) < 4.78 is 23.7. The summed E-state index contributed by atoms with van der Waals surface area (Å²) in [6.07, 6.45) is 0.495. The smallest absolute Gasteiger partial charge is 0.239 e. The molecule has 21 heavy (non-hydrogen) atoms. The van der Waals surface area contributed by atoms with Crippen LogP contribution in [0.1, 0.15) is 6.42 Å². The van der Waals surface area contributed by atoms with Crippen molar-refractivity contribution in [3.8, 4) is 0 Å². The number of nitrogens with zero attached hydrogens (tertiary/aromatic N) is 1. The molecule has 1 saturated heterocycles. The maximum atomic E-state index is 11.8. The minimum atomic E-state index is -2.97. The van der Waals surface area contributed by atoms with E-state index in [0.717, 1.165) is 10.2 Å². The Bertz CT molecular complexity index is 737. The molecule has 1 atom stereocenters. The van der Waals surface area contributed by atoms with Gasteiger partial charge >= 0.3 is 0 Å². The molecule has 1 aromatic heterocycles. The van der Waals surface area contributed by atoms with Gasteiger partial charge in [-0.3, -0.25) is 4.79 Å². The lowest BCUT2D eigenvalue weighted by molar-refractivity contribution is -0.119. The van der Waals surface area contributed by atoms with Gasteiger partial charge in [0.05, 0.1) is 28.3 Å². The van der Waals surface area contributed by atoms with Crippen molar-refractivity contribution in [3.63, 3.8) is 0 Å². The highest BCUT2D eigenvalue weighted by Crippen LogP contribution is 2.25. The molecule has 0 spiro atoms. The first-order valence-corrected chi connectivity index (χ1v) is 9.25. The number of aromatic nitrogens is 1. The maximum absolute atomic E-state index is 11.8. The van der Waals surface area contributed by atoms with Crippen molar-refractivity contribution in [2.45, 2.75) is 12.5 Å². The van der Waals surface area contributed by atoms with Gasteiger partial charge in [-0.2, -0.15) is 0 Å². The van der Waals surface area contributed by atoms with Crippen molar-refractivity contribution in [2.24, 2.45) is 0 Å². The van der Waals surface area contributed by atoms with Crippen LogP contribution in [0.3, 0.4) is 0 Å². The lowest BCUT2D eigenvalue weighted by Crippen LogP contribution is -2.39. The number of rotatable bonds is 4. The van der Waals surface area contributed by atoms with Crippen LogP contribution in [0.15, 0.2) is 24.3 Å². The topological polar surface area (TPSA) is 88.2 Å². The Kier molecular flexibility index (Phi) is 3.81. The van der Waals surface area contributed by atoms with E-state index in [9.17, 15) is 13.2 Å². The molecule has 0 saturated carbocycles. The van der Waals surface area contributed by atoms with Crippen LogP contribution in [0.2, 0.25) is 0 Å². The van der Waals surface area contributed by atoms with Crippen LogP contribution in [0, 0.1) is 0 Å². The summed E-state index contributed by atoms with van der Waals surface area (Å²) in [6.45, 7) is 0.0936. The average molecular weight is 325 g/mol. The lowest BCUT2D eigenvalue weighted by atomic mass is 10.2. The number of benzene rings is 1. The fourth-order valence-electron chi connectivity index (χ4n) is 2.29. The van der Waals surface area contributed by atoms with Crippen molar-refractivity contribution in [2.75, 3.05) is 23.4 Å². The van der Waals surface area contributed by atoms with Gasteiger partial charge in [-0.05, 0) is 18.6 Å². The van der Waals surface area contributed by atoms with Crippen molar-refractivity contribution in [1.29, 1.82) is 0 Å². The predicted molar refractivity (Wildman–Crippen MR) is 83.3 cm³/mol. The van der Waals surface area contributed by atoms with Gasteiger partial charge in [0, 0.05) is 6.04 Å². The van der Waals surface area contributed by atoms with E-state index in [0.29, 0.717) is 11.6 Å². The van der Waals surface area contributed by atoms with Gasteiger partial charge in [-0.25, -0.2) is 13.4 Å². The van der Waals surface area contributed by atoms with Gasteiger partial charge in [-0.1, -0.05) is 23.5 Å². The number of nitrogens with one attached hydrogen (secondary N) is 2. The Labute approximate surface area is 126 Å². The fourth-order valence-corrected chi connectivity index (χ4v) is 4.83. The molecule has 1 aliphatic rings. The minimum Gasteiger partial charge on any atom is -0.352 e. The molecular formula is C13H15N3O3S2. The van der Waals surface area contributed by atoms with Crippen LogP contribution < -0.4 is 10.6 Å². The minimum absolute atomic E-state index is 0.0415. The van der Waals surface area contributed by atoms with E-state index in [1.54, 1.807) is 0 Å². The third-order valence-electron chi connectivity index (χ3n) is 3.29. The second kappa shape index (κ2) is 5.61. The first-order chi connectivity index (χ1) is 10.0. The molecule has 2 heterocycles. The number of para-hydroxylation sites is 1. The molecule has 1 aliphatic heterocycles. The predicted octanol–water partition coefficient (Wildman–Crippen LogP) is 1.01. The van der Waals surface area contributed by atoms with Gasteiger partial charge in [0.1, 0.15) is 0 Å². The number of thiazole rings is 1. The maximum Gasteiger partial charge on any atom is 0.239 e. The Hall–Kier alpha value is -1.67. The van der Waals surface area contributed by atoms with E-state index in [1.165, 1.54) is 11.3 Å². The van der Waals surface area contributed by atoms with Crippen LogP contribution >= 0.6 is 11.3 Å². The molecule has 0 bridgehead atoms. The number of hydrogen-bond donors (Lipinski definition) is 2. The van der Waals surface area contributed by atoms with E-state index >= 15 is 0 Å². The molecule has 1 amide bonds. The summed E-state index contributed by atoms with van der Waals surface area (Å²) in [4.78, 5) is 16.2. The molecule has 2 N–H and O–H groups in total. The van der Waals surface area contributed by atoms with E-state index in [4.69, 9.17) is 0 Å². The number of hydrogen-bond acceptors (Lipinski definition) is 6. The third kappa shape index (κ3) is 3.51. The molecule has 1 aromatic carbocycles. The molecule has 8 heteroatoms. The van der Waals surface area contributed by atoms with Crippen LogP contribution in [0.5, 0.6) is 0 Å². The van der Waals surface area contributed by atoms with Gasteiger partial charge in [0.15, 0.2) is 15.0 Å². The molecular weight excluding hydrogens is 310 g/mol. The highest BCUT2D eigenvalue weighted by Gasteiger charge is 2.28. The van der Waals surface area contributed by atoms with Crippen LogP contribution in [0.4, 0.5) is 5.13 Å². The van der Waals surface area contributed by atoms with E-state index in [1.807, 2.05) is 24.3 Å². The van der Waals surface area contributed by atoms with Gasteiger partial charge in [0.2, 0.25) is 5.91 Å². The Morgan fingerprint density at radius 1 is 1.38 bits per heavy atom. The van der Waals surface area contributed by atoms with Crippen LogP contribution in [-0.4, -0.2) is 43.4 Å². The molecule has 0 aliphatic carbocycles. The number of carbonyl (C=O) groups is 1. The zero-order valence-corrected chi connectivity index (χ0v) is 12.8. The Balaban J connectivity index is 1.54. The molecule has 0 radical (unpaired) electrons. The highest BCUT2D eigenvalue weighted by atomic mass is 32.2. The van der Waals surface area contributed by atoms with Crippen LogP contribution in [0.25, 0.3) is 10.2 Å². The number of carbonyl (C=O) groups excluding carboxylic acids is 1. The highest BCUT2D eigenvalue weighted by molar-refractivity contribution is 7.91. The SMILES string of the molecule is O=C(CNc1nc2ccccc2s1)N[C@H]1CCS(=O)(=O)C1. The van der Waals surface area contributed by atoms with E-state index < -0.39 is 9.84 Å². The average Bonchev–Trinajstić information content (AvgIpc) is 2.99. The molecule has 6 nitrogen and oxygen atoms in total. The summed E-state index contributed by atoms with van der Waals surface area (Å²) in [5.74, 6) is -0.0142.